The summed E-state index contributed by atoms with van der Waals surface area (Å²) in [7, 11) is -3.59. The maximum Gasteiger partial charge on any atom is 0.243 e. The molecule has 1 atom stereocenters. The Kier molecular flexibility index (Phi) is 7.92. The van der Waals surface area contributed by atoms with Gasteiger partial charge in [-0.05, 0) is 56.5 Å². The topological polar surface area (TPSA) is 84.9 Å². The molecule has 8 heteroatoms. The molecule has 1 aliphatic rings. The van der Waals surface area contributed by atoms with Gasteiger partial charge < -0.3 is 14.8 Å². The number of carbonyl (C=O) groups is 1. The molecule has 0 aromatic heterocycles. The van der Waals surface area contributed by atoms with Crippen molar-refractivity contribution in [1.82, 2.24) is 9.62 Å². The molecule has 2 aromatic carbocycles. The molecule has 1 unspecified atom stereocenters. The van der Waals surface area contributed by atoms with Crippen LogP contribution in [-0.4, -0.2) is 44.9 Å². The zero-order chi connectivity index (χ0) is 22.3. The zero-order valence-electron chi connectivity index (χ0n) is 18.0. The monoisotopic (exact) mass is 446 g/mol. The summed E-state index contributed by atoms with van der Waals surface area (Å²) in [5, 5.41) is 2.94. The van der Waals surface area contributed by atoms with Crippen molar-refractivity contribution in [3.8, 4) is 11.5 Å². The van der Waals surface area contributed by atoms with Crippen LogP contribution in [0.1, 0.15) is 32.3 Å². The second kappa shape index (κ2) is 10.6. The fraction of sp³-hybridized carbons (Fsp3) is 0.435. The Labute approximate surface area is 184 Å². The molecule has 0 aliphatic carbocycles. The minimum Gasteiger partial charge on any atom is -0.490 e. The van der Waals surface area contributed by atoms with Gasteiger partial charge in [-0.25, -0.2) is 8.42 Å². The summed E-state index contributed by atoms with van der Waals surface area (Å²) >= 11 is 0. The Morgan fingerprint density at radius 1 is 1.06 bits per heavy atom. The third-order valence-corrected chi connectivity index (χ3v) is 7.09. The minimum absolute atomic E-state index is 0.139. The summed E-state index contributed by atoms with van der Waals surface area (Å²) in [6.45, 7) is 5.84. The Morgan fingerprint density at radius 3 is 2.48 bits per heavy atom. The van der Waals surface area contributed by atoms with Crippen molar-refractivity contribution in [2.45, 2.75) is 38.1 Å². The first-order valence-corrected chi connectivity index (χ1v) is 12.1. The van der Waals surface area contributed by atoms with Gasteiger partial charge in [0, 0.05) is 19.6 Å². The van der Waals surface area contributed by atoms with Crippen molar-refractivity contribution < 1.29 is 22.7 Å². The van der Waals surface area contributed by atoms with E-state index in [1.54, 1.807) is 30.3 Å². The quantitative estimate of drug-likeness (QED) is 0.639. The average molecular weight is 447 g/mol. The number of nitrogens with one attached hydrogen (secondary N) is 1. The lowest BCUT2D eigenvalue weighted by molar-refractivity contribution is -0.126. The molecule has 168 valence electrons. The van der Waals surface area contributed by atoms with Gasteiger partial charge >= 0.3 is 0 Å². The first-order chi connectivity index (χ1) is 15.0. The molecular weight excluding hydrogens is 416 g/mol. The van der Waals surface area contributed by atoms with E-state index in [1.807, 2.05) is 32.0 Å². The van der Waals surface area contributed by atoms with E-state index in [0.29, 0.717) is 50.6 Å². The van der Waals surface area contributed by atoms with Crippen LogP contribution in [0.5, 0.6) is 11.5 Å². The number of ether oxygens (including phenoxy) is 2. The fourth-order valence-corrected chi connectivity index (χ4v) is 5.20. The maximum absolute atomic E-state index is 12.9. The fourth-order valence-electron chi connectivity index (χ4n) is 3.66. The Balaban J connectivity index is 1.62. The van der Waals surface area contributed by atoms with E-state index in [1.165, 1.54) is 4.31 Å². The third kappa shape index (κ3) is 5.77. The average Bonchev–Trinajstić information content (AvgIpc) is 2.80. The zero-order valence-corrected chi connectivity index (χ0v) is 18.9. The number of benzene rings is 2. The van der Waals surface area contributed by atoms with Gasteiger partial charge in [0.1, 0.15) is 0 Å². The number of nitrogens with zero attached hydrogens (tertiary/aromatic N) is 1. The van der Waals surface area contributed by atoms with Crippen LogP contribution in [0, 0.1) is 5.92 Å². The van der Waals surface area contributed by atoms with E-state index < -0.39 is 10.0 Å². The number of rotatable bonds is 9. The lowest BCUT2D eigenvalue weighted by Gasteiger charge is -2.31. The lowest BCUT2D eigenvalue weighted by Crippen LogP contribution is -2.45. The van der Waals surface area contributed by atoms with Gasteiger partial charge in [-0.1, -0.05) is 24.3 Å². The van der Waals surface area contributed by atoms with Crippen LogP contribution < -0.4 is 14.8 Å². The molecule has 1 amide bonds. The predicted octanol–water partition coefficient (Wildman–Crippen LogP) is 3.20. The van der Waals surface area contributed by atoms with Gasteiger partial charge in [0.25, 0.3) is 0 Å². The van der Waals surface area contributed by atoms with Crippen LogP contribution >= 0.6 is 0 Å². The van der Waals surface area contributed by atoms with E-state index in [9.17, 15) is 13.2 Å². The number of carbonyl (C=O) groups excluding carboxylic acids is 1. The molecule has 1 heterocycles. The van der Waals surface area contributed by atoms with Crippen LogP contribution in [0.4, 0.5) is 0 Å². The molecule has 0 saturated carbocycles. The number of hydrogen-bond donors (Lipinski definition) is 1. The summed E-state index contributed by atoms with van der Waals surface area (Å²) in [5.74, 6) is 0.809. The summed E-state index contributed by atoms with van der Waals surface area (Å²) in [5.41, 5.74) is 0.893. The third-order valence-electron chi connectivity index (χ3n) is 5.21. The van der Waals surface area contributed by atoms with Gasteiger partial charge in [-0.3, -0.25) is 4.79 Å². The summed E-state index contributed by atoms with van der Waals surface area (Å²) < 4.78 is 38.4. The molecule has 3 rings (SSSR count). The van der Waals surface area contributed by atoms with Crippen LogP contribution in [0.25, 0.3) is 0 Å². The maximum atomic E-state index is 12.9. The summed E-state index contributed by atoms with van der Waals surface area (Å²) in [6.07, 6.45) is 1.32. The summed E-state index contributed by atoms with van der Waals surface area (Å²) in [4.78, 5) is 13.0. The van der Waals surface area contributed by atoms with Crippen molar-refractivity contribution >= 4 is 15.9 Å². The van der Waals surface area contributed by atoms with E-state index in [0.717, 1.165) is 5.56 Å². The first-order valence-electron chi connectivity index (χ1n) is 10.7. The van der Waals surface area contributed by atoms with Crippen LogP contribution in [0.15, 0.2) is 53.4 Å². The molecule has 0 bridgehead atoms. The van der Waals surface area contributed by atoms with Crippen LogP contribution in [-0.2, 0) is 21.4 Å². The standard InChI is InChI=1S/C23H30N2O5S/c1-3-29-21-13-12-18(15-22(21)30-4-2)16-24-23(26)19-9-8-14-25(17-19)31(27,28)20-10-6-5-7-11-20/h5-7,10-13,15,19H,3-4,8-9,14,16-17H2,1-2H3,(H,24,26). The van der Waals surface area contributed by atoms with Gasteiger partial charge in [-0.2, -0.15) is 4.31 Å². The molecule has 31 heavy (non-hydrogen) atoms. The van der Waals surface area contributed by atoms with Crippen LogP contribution in [0.2, 0.25) is 0 Å². The highest BCUT2D eigenvalue weighted by Gasteiger charge is 2.33. The van der Waals surface area contributed by atoms with E-state index >= 15 is 0 Å². The van der Waals surface area contributed by atoms with Gasteiger partial charge in [0.05, 0.1) is 24.0 Å². The number of piperidine rings is 1. The molecule has 0 spiro atoms. The van der Waals surface area contributed by atoms with Crippen molar-refractivity contribution in [3.63, 3.8) is 0 Å². The first kappa shape index (κ1) is 23.1. The smallest absolute Gasteiger partial charge is 0.243 e. The molecule has 1 saturated heterocycles. The predicted molar refractivity (Wildman–Crippen MR) is 119 cm³/mol. The van der Waals surface area contributed by atoms with E-state index in [-0.39, 0.29) is 23.3 Å². The van der Waals surface area contributed by atoms with Crippen molar-refractivity contribution in [2.75, 3.05) is 26.3 Å². The van der Waals surface area contributed by atoms with Crippen molar-refractivity contribution in [2.24, 2.45) is 5.92 Å². The van der Waals surface area contributed by atoms with Gasteiger partial charge in [0.15, 0.2) is 11.5 Å². The Bertz CT molecular complexity index is 979. The molecule has 1 fully saturated rings. The molecule has 1 aliphatic heterocycles. The largest absolute Gasteiger partial charge is 0.490 e. The van der Waals surface area contributed by atoms with E-state index in [4.69, 9.17) is 9.47 Å². The number of hydrogen-bond acceptors (Lipinski definition) is 5. The SMILES string of the molecule is CCOc1ccc(CNC(=O)C2CCCN(S(=O)(=O)c3ccccc3)C2)cc1OCC. The van der Waals surface area contributed by atoms with Crippen molar-refractivity contribution in [3.05, 3.63) is 54.1 Å². The summed E-state index contributed by atoms with van der Waals surface area (Å²) in [6, 6.07) is 13.9. The Morgan fingerprint density at radius 2 is 1.77 bits per heavy atom. The highest BCUT2D eigenvalue weighted by molar-refractivity contribution is 7.89. The Hall–Kier alpha value is -2.58. The molecule has 1 N–H and O–H groups in total. The molecular formula is C23H30N2O5S. The lowest BCUT2D eigenvalue weighted by atomic mass is 9.98. The molecule has 0 radical (unpaired) electrons. The highest BCUT2D eigenvalue weighted by Crippen LogP contribution is 2.29. The second-order valence-electron chi connectivity index (χ2n) is 7.38. The normalized spacial score (nSPS) is 17.2. The van der Waals surface area contributed by atoms with Crippen LogP contribution in [0.3, 0.4) is 0 Å². The molecule has 2 aromatic rings. The molecule has 7 nitrogen and oxygen atoms in total. The van der Waals surface area contributed by atoms with Gasteiger partial charge in [-0.15, -0.1) is 0 Å². The van der Waals surface area contributed by atoms with Gasteiger partial charge in [0.2, 0.25) is 15.9 Å². The van der Waals surface area contributed by atoms with Crippen molar-refractivity contribution in [1.29, 1.82) is 0 Å². The second-order valence-corrected chi connectivity index (χ2v) is 9.32. The highest BCUT2D eigenvalue weighted by atomic mass is 32.2. The number of amides is 1. The number of sulfonamides is 1. The van der Waals surface area contributed by atoms with E-state index in [2.05, 4.69) is 5.32 Å². The minimum atomic E-state index is -3.59.